The Morgan fingerprint density at radius 1 is 1.08 bits per heavy atom. The van der Waals surface area contributed by atoms with Gasteiger partial charge in [-0.1, -0.05) is 11.6 Å². The zero-order valence-electron chi connectivity index (χ0n) is 13.0. The lowest BCUT2D eigenvalue weighted by atomic mass is 10.2. The first-order valence-electron chi connectivity index (χ1n) is 7.55. The summed E-state index contributed by atoms with van der Waals surface area (Å²) in [6, 6.07) is 11.8. The van der Waals surface area contributed by atoms with Gasteiger partial charge in [0, 0.05) is 40.3 Å². The molecular weight excluding hydrogens is 356 g/mol. The van der Waals surface area contributed by atoms with Crippen molar-refractivity contribution in [2.75, 3.05) is 5.32 Å². The third-order valence-corrected chi connectivity index (χ3v) is 4.67. The van der Waals surface area contributed by atoms with Gasteiger partial charge in [0.2, 0.25) is 0 Å². The maximum absolute atomic E-state index is 5.84. The molecule has 0 radical (unpaired) electrons. The molecule has 124 valence electrons. The fourth-order valence-corrected chi connectivity index (χ4v) is 3.23. The van der Waals surface area contributed by atoms with Crippen LogP contribution in [0.3, 0.4) is 0 Å². The lowest BCUT2D eigenvalue weighted by Gasteiger charge is -2.05. The molecule has 6 nitrogen and oxygen atoms in total. The molecule has 0 atom stereocenters. The quantitative estimate of drug-likeness (QED) is 0.550. The largest absolute Gasteiger partial charge is 0.380 e. The minimum atomic E-state index is 0.557. The Hall–Kier alpha value is -2.77. The molecule has 8 heteroatoms. The van der Waals surface area contributed by atoms with Gasteiger partial charge in [0.1, 0.15) is 0 Å². The predicted molar refractivity (Wildman–Crippen MR) is 99.5 cm³/mol. The van der Waals surface area contributed by atoms with Gasteiger partial charge in [-0.3, -0.25) is 10.1 Å². The molecule has 4 rings (SSSR count). The van der Waals surface area contributed by atoms with Crippen LogP contribution in [0, 0.1) is 0 Å². The third-order valence-electron chi connectivity index (χ3n) is 3.56. The summed E-state index contributed by atoms with van der Waals surface area (Å²) in [7, 11) is 0. The molecule has 0 amide bonds. The molecule has 0 fully saturated rings. The standard InChI is InChI=1S/C17H13ClN6S/c18-17-21-10-14(25-17)9-20-13-5-3-11(4-6-13)15-22-16(24-23-15)12-2-1-7-19-8-12/h1-8,10,20H,9H2,(H,22,23,24). The van der Waals surface area contributed by atoms with Crippen molar-refractivity contribution in [1.29, 1.82) is 0 Å². The monoisotopic (exact) mass is 368 g/mol. The van der Waals surface area contributed by atoms with E-state index in [9.17, 15) is 0 Å². The number of pyridine rings is 1. The summed E-state index contributed by atoms with van der Waals surface area (Å²) in [4.78, 5) is 13.7. The van der Waals surface area contributed by atoms with Gasteiger partial charge in [-0.05, 0) is 36.4 Å². The van der Waals surface area contributed by atoms with Crippen LogP contribution in [-0.2, 0) is 6.54 Å². The van der Waals surface area contributed by atoms with Crippen LogP contribution in [-0.4, -0.2) is 25.1 Å². The fraction of sp³-hybridized carbons (Fsp3) is 0.0588. The Morgan fingerprint density at radius 2 is 1.96 bits per heavy atom. The Kier molecular flexibility index (Phi) is 4.41. The molecule has 2 N–H and O–H groups in total. The number of benzene rings is 1. The summed E-state index contributed by atoms with van der Waals surface area (Å²) >= 11 is 7.31. The van der Waals surface area contributed by atoms with Crippen LogP contribution in [0.25, 0.3) is 22.8 Å². The molecule has 0 spiro atoms. The summed E-state index contributed by atoms with van der Waals surface area (Å²) in [5, 5.41) is 10.6. The van der Waals surface area contributed by atoms with Crippen LogP contribution in [0.5, 0.6) is 0 Å². The van der Waals surface area contributed by atoms with Crippen LogP contribution in [0.15, 0.2) is 55.0 Å². The second-order valence-electron chi connectivity index (χ2n) is 5.26. The van der Waals surface area contributed by atoms with Gasteiger partial charge in [0.05, 0.1) is 6.54 Å². The number of aromatic amines is 1. The van der Waals surface area contributed by atoms with Gasteiger partial charge in [-0.2, -0.15) is 5.10 Å². The molecule has 0 unspecified atom stereocenters. The molecule has 0 saturated carbocycles. The van der Waals surface area contributed by atoms with Gasteiger partial charge in [-0.15, -0.1) is 11.3 Å². The van der Waals surface area contributed by atoms with Crippen LogP contribution in [0.2, 0.25) is 4.47 Å². The number of H-pyrrole nitrogens is 1. The molecule has 0 saturated heterocycles. The lowest BCUT2D eigenvalue weighted by Crippen LogP contribution is -1.97. The first-order chi connectivity index (χ1) is 12.3. The lowest BCUT2D eigenvalue weighted by molar-refractivity contribution is 1.10. The van der Waals surface area contributed by atoms with E-state index in [1.165, 1.54) is 11.3 Å². The van der Waals surface area contributed by atoms with Crippen LogP contribution in [0.1, 0.15) is 4.88 Å². The number of rotatable bonds is 5. The molecule has 1 aromatic carbocycles. The topological polar surface area (TPSA) is 79.4 Å². The fourth-order valence-electron chi connectivity index (χ4n) is 2.32. The molecule has 4 aromatic rings. The summed E-state index contributed by atoms with van der Waals surface area (Å²) in [5.41, 5.74) is 2.86. The van der Waals surface area contributed by atoms with E-state index in [0.717, 1.165) is 27.5 Å². The Morgan fingerprint density at radius 3 is 2.68 bits per heavy atom. The van der Waals surface area contributed by atoms with E-state index in [1.807, 2.05) is 36.4 Å². The molecule has 0 bridgehead atoms. The van der Waals surface area contributed by atoms with Crippen LogP contribution < -0.4 is 5.32 Å². The van der Waals surface area contributed by atoms with E-state index in [1.54, 1.807) is 18.6 Å². The molecule has 3 heterocycles. The number of aromatic nitrogens is 5. The Labute approximate surface area is 153 Å². The maximum Gasteiger partial charge on any atom is 0.183 e. The Balaban J connectivity index is 1.46. The van der Waals surface area contributed by atoms with E-state index in [2.05, 4.69) is 30.5 Å². The van der Waals surface area contributed by atoms with Crippen molar-refractivity contribution in [1.82, 2.24) is 25.1 Å². The van der Waals surface area contributed by atoms with Crippen molar-refractivity contribution in [3.05, 3.63) is 64.3 Å². The van der Waals surface area contributed by atoms with E-state index in [4.69, 9.17) is 11.6 Å². The number of thiazole rings is 1. The van der Waals surface area contributed by atoms with E-state index >= 15 is 0 Å². The van der Waals surface area contributed by atoms with Gasteiger partial charge < -0.3 is 5.32 Å². The average Bonchev–Trinajstić information content (AvgIpc) is 3.30. The number of nitrogens with zero attached hydrogens (tertiary/aromatic N) is 4. The first kappa shape index (κ1) is 15.7. The summed E-state index contributed by atoms with van der Waals surface area (Å²) < 4.78 is 0.557. The molecule has 0 aliphatic heterocycles. The summed E-state index contributed by atoms with van der Waals surface area (Å²) in [6.45, 7) is 0.692. The number of halogens is 1. The van der Waals surface area contributed by atoms with Crippen molar-refractivity contribution in [2.45, 2.75) is 6.54 Å². The number of anilines is 1. The highest BCUT2D eigenvalue weighted by Gasteiger charge is 2.08. The highest BCUT2D eigenvalue weighted by atomic mass is 35.5. The van der Waals surface area contributed by atoms with Crippen molar-refractivity contribution in [2.24, 2.45) is 0 Å². The highest BCUT2D eigenvalue weighted by molar-refractivity contribution is 7.15. The average molecular weight is 369 g/mol. The predicted octanol–water partition coefficient (Wildman–Crippen LogP) is 4.26. The van der Waals surface area contributed by atoms with Gasteiger partial charge >= 0.3 is 0 Å². The normalized spacial score (nSPS) is 10.8. The van der Waals surface area contributed by atoms with Crippen molar-refractivity contribution < 1.29 is 0 Å². The van der Waals surface area contributed by atoms with Crippen molar-refractivity contribution in [3.8, 4) is 22.8 Å². The first-order valence-corrected chi connectivity index (χ1v) is 8.75. The second-order valence-corrected chi connectivity index (χ2v) is 6.96. The maximum atomic E-state index is 5.84. The molecule has 25 heavy (non-hydrogen) atoms. The number of nitrogens with one attached hydrogen (secondary N) is 2. The van der Waals surface area contributed by atoms with Gasteiger partial charge in [-0.25, -0.2) is 9.97 Å². The summed E-state index contributed by atoms with van der Waals surface area (Å²) in [6.07, 6.45) is 5.25. The second kappa shape index (κ2) is 7.00. The van der Waals surface area contributed by atoms with Crippen LogP contribution >= 0.6 is 22.9 Å². The zero-order valence-corrected chi connectivity index (χ0v) is 14.6. The van der Waals surface area contributed by atoms with E-state index in [-0.39, 0.29) is 0 Å². The molecular formula is C17H13ClN6S. The Bertz CT molecular complexity index is 964. The number of hydrogen-bond acceptors (Lipinski definition) is 6. The smallest absolute Gasteiger partial charge is 0.183 e. The van der Waals surface area contributed by atoms with Gasteiger partial charge in [0.25, 0.3) is 0 Å². The van der Waals surface area contributed by atoms with Crippen molar-refractivity contribution in [3.63, 3.8) is 0 Å². The van der Waals surface area contributed by atoms with E-state index < -0.39 is 0 Å². The van der Waals surface area contributed by atoms with E-state index in [0.29, 0.717) is 16.8 Å². The zero-order chi connectivity index (χ0) is 17.1. The van der Waals surface area contributed by atoms with Crippen molar-refractivity contribution >= 4 is 28.6 Å². The third kappa shape index (κ3) is 3.67. The highest BCUT2D eigenvalue weighted by Crippen LogP contribution is 2.22. The number of hydrogen-bond donors (Lipinski definition) is 2. The molecule has 0 aliphatic carbocycles. The van der Waals surface area contributed by atoms with Gasteiger partial charge in [0.15, 0.2) is 16.1 Å². The minimum Gasteiger partial charge on any atom is -0.380 e. The minimum absolute atomic E-state index is 0.557. The molecule has 3 aromatic heterocycles. The van der Waals surface area contributed by atoms with Crippen LogP contribution in [0.4, 0.5) is 5.69 Å². The summed E-state index contributed by atoms with van der Waals surface area (Å²) in [5.74, 6) is 1.35. The molecule has 0 aliphatic rings. The SMILES string of the molecule is Clc1ncc(CNc2ccc(-c3nc(-c4cccnc4)n[nH]3)cc2)s1.